The van der Waals surface area contributed by atoms with Crippen molar-refractivity contribution in [1.82, 2.24) is 5.32 Å². The zero-order chi connectivity index (χ0) is 12.8. The number of aliphatic hydroxyl groups excluding tert-OH is 1. The summed E-state index contributed by atoms with van der Waals surface area (Å²) in [6, 6.07) is 10.4. The molecular weight excluding hydrogens is 226 g/mol. The zero-order valence-electron chi connectivity index (χ0n) is 10.6. The van der Waals surface area contributed by atoms with Crippen molar-refractivity contribution in [3.05, 3.63) is 35.9 Å². The number of hydrogen-bond acceptors (Lipinski definition) is 2. The Labute approximate surface area is 108 Å². The van der Waals surface area contributed by atoms with Gasteiger partial charge in [-0.1, -0.05) is 30.3 Å². The van der Waals surface area contributed by atoms with Gasteiger partial charge in [0, 0.05) is 13.0 Å². The molecule has 3 nitrogen and oxygen atoms in total. The number of rotatable bonds is 7. The highest BCUT2D eigenvalue weighted by atomic mass is 16.2. The van der Waals surface area contributed by atoms with Gasteiger partial charge in [0.05, 0.1) is 6.04 Å². The van der Waals surface area contributed by atoms with Crippen LogP contribution in [0, 0.1) is 5.92 Å². The molecule has 1 saturated carbocycles. The Hall–Kier alpha value is -1.35. The standard InChI is InChI=1S/C15H21NO2/c17-11-5-4-8-14(18)16-15(13-9-10-13)12-6-2-1-3-7-12/h1-3,6-7,13,15,17H,4-5,8-11H2,(H,16,18). The molecule has 1 atom stereocenters. The van der Waals surface area contributed by atoms with Crippen LogP contribution in [0.5, 0.6) is 0 Å². The largest absolute Gasteiger partial charge is 0.396 e. The molecule has 2 rings (SSSR count). The molecule has 98 valence electrons. The Bertz CT molecular complexity index is 373. The maximum Gasteiger partial charge on any atom is 0.220 e. The third-order valence-electron chi connectivity index (χ3n) is 3.38. The van der Waals surface area contributed by atoms with Crippen LogP contribution in [0.1, 0.15) is 43.7 Å². The van der Waals surface area contributed by atoms with E-state index in [1.165, 1.54) is 18.4 Å². The molecule has 1 aromatic carbocycles. The highest BCUT2D eigenvalue weighted by Crippen LogP contribution is 2.40. The third-order valence-corrected chi connectivity index (χ3v) is 3.38. The second-order valence-corrected chi connectivity index (χ2v) is 4.97. The Balaban J connectivity index is 1.89. The summed E-state index contributed by atoms with van der Waals surface area (Å²) >= 11 is 0. The van der Waals surface area contributed by atoms with Crippen molar-refractivity contribution in [2.75, 3.05) is 6.61 Å². The van der Waals surface area contributed by atoms with Gasteiger partial charge < -0.3 is 10.4 Å². The number of aliphatic hydroxyl groups is 1. The Morgan fingerprint density at radius 2 is 2.00 bits per heavy atom. The van der Waals surface area contributed by atoms with Crippen molar-refractivity contribution in [1.29, 1.82) is 0 Å². The minimum absolute atomic E-state index is 0.101. The van der Waals surface area contributed by atoms with Crippen LogP contribution in [0.25, 0.3) is 0 Å². The molecule has 1 aromatic rings. The molecule has 1 aliphatic carbocycles. The van der Waals surface area contributed by atoms with E-state index in [4.69, 9.17) is 5.11 Å². The van der Waals surface area contributed by atoms with E-state index in [9.17, 15) is 4.79 Å². The normalized spacial score (nSPS) is 16.3. The summed E-state index contributed by atoms with van der Waals surface area (Å²) < 4.78 is 0. The molecule has 1 aliphatic rings. The third kappa shape index (κ3) is 3.84. The molecule has 0 saturated heterocycles. The number of carbonyl (C=O) groups is 1. The van der Waals surface area contributed by atoms with E-state index in [2.05, 4.69) is 17.4 Å². The van der Waals surface area contributed by atoms with Gasteiger partial charge in [-0.3, -0.25) is 4.79 Å². The van der Waals surface area contributed by atoms with Gasteiger partial charge in [0.25, 0.3) is 0 Å². The second kappa shape index (κ2) is 6.55. The summed E-state index contributed by atoms with van der Waals surface area (Å²) in [4.78, 5) is 11.8. The van der Waals surface area contributed by atoms with Gasteiger partial charge >= 0.3 is 0 Å². The van der Waals surface area contributed by atoms with E-state index in [0.717, 1.165) is 6.42 Å². The molecule has 3 heteroatoms. The first-order chi connectivity index (χ1) is 8.81. The maximum absolute atomic E-state index is 11.8. The van der Waals surface area contributed by atoms with E-state index >= 15 is 0 Å². The molecule has 0 spiro atoms. The molecule has 0 heterocycles. The maximum atomic E-state index is 11.8. The summed E-state index contributed by atoms with van der Waals surface area (Å²) in [6.07, 6.45) is 4.38. The number of hydrogen-bond donors (Lipinski definition) is 2. The van der Waals surface area contributed by atoms with Crippen LogP contribution >= 0.6 is 0 Å². The van der Waals surface area contributed by atoms with Crippen LogP contribution < -0.4 is 5.32 Å². The van der Waals surface area contributed by atoms with Crippen molar-refractivity contribution >= 4 is 5.91 Å². The predicted octanol–water partition coefficient (Wildman–Crippen LogP) is 2.42. The van der Waals surface area contributed by atoms with E-state index in [0.29, 0.717) is 18.8 Å². The lowest BCUT2D eigenvalue weighted by Gasteiger charge is -2.18. The van der Waals surface area contributed by atoms with Crippen molar-refractivity contribution in [2.24, 2.45) is 5.92 Å². The van der Waals surface area contributed by atoms with Crippen LogP contribution in [0.2, 0.25) is 0 Å². The predicted molar refractivity (Wildman–Crippen MR) is 71.0 cm³/mol. The molecule has 1 amide bonds. The van der Waals surface area contributed by atoms with Crippen molar-refractivity contribution in [2.45, 2.75) is 38.1 Å². The number of carbonyl (C=O) groups excluding carboxylic acids is 1. The molecule has 1 fully saturated rings. The first-order valence-electron chi connectivity index (χ1n) is 6.76. The highest BCUT2D eigenvalue weighted by Gasteiger charge is 2.33. The number of nitrogens with one attached hydrogen (secondary N) is 1. The molecule has 2 N–H and O–H groups in total. The van der Waals surface area contributed by atoms with Crippen LogP contribution in [0.4, 0.5) is 0 Å². The highest BCUT2D eigenvalue weighted by molar-refractivity contribution is 5.76. The van der Waals surface area contributed by atoms with Gasteiger partial charge in [-0.25, -0.2) is 0 Å². The molecule has 0 aromatic heterocycles. The Morgan fingerprint density at radius 3 is 2.61 bits per heavy atom. The van der Waals surface area contributed by atoms with E-state index in [-0.39, 0.29) is 18.6 Å². The smallest absolute Gasteiger partial charge is 0.220 e. The first-order valence-corrected chi connectivity index (χ1v) is 6.76. The monoisotopic (exact) mass is 247 g/mol. The molecule has 1 unspecified atom stereocenters. The minimum Gasteiger partial charge on any atom is -0.396 e. The van der Waals surface area contributed by atoms with Crippen LogP contribution in [-0.4, -0.2) is 17.6 Å². The molecule has 0 radical (unpaired) electrons. The lowest BCUT2D eigenvalue weighted by molar-refractivity contribution is -0.122. The van der Waals surface area contributed by atoms with Crippen LogP contribution in [0.3, 0.4) is 0 Å². The quantitative estimate of drug-likeness (QED) is 0.727. The average Bonchev–Trinajstić information content (AvgIpc) is 3.22. The van der Waals surface area contributed by atoms with Crippen LogP contribution in [0.15, 0.2) is 30.3 Å². The van der Waals surface area contributed by atoms with E-state index < -0.39 is 0 Å². The summed E-state index contributed by atoms with van der Waals surface area (Å²) in [5, 5.41) is 11.8. The summed E-state index contributed by atoms with van der Waals surface area (Å²) in [5.74, 6) is 0.707. The fourth-order valence-electron chi connectivity index (χ4n) is 2.21. The van der Waals surface area contributed by atoms with Gasteiger partial charge in [0.2, 0.25) is 5.91 Å². The van der Waals surface area contributed by atoms with Crippen molar-refractivity contribution in [3.8, 4) is 0 Å². The molecule has 18 heavy (non-hydrogen) atoms. The minimum atomic E-state index is 0.101. The van der Waals surface area contributed by atoms with Crippen LogP contribution in [-0.2, 0) is 4.79 Å². The van der Waals surface area contributed by atoms with E-state index in [1.54, 1.807) is 0 Å². The van der Waals surface area contributed by atoms with Crippen molar-refractivity contribution in [3.63, 3.8) is 0 Å². The average molecular weight is 247 g/mol. The Kier molecular flexibility index (Phi) is 4.76. The molecular formula is C15H21NO2. The summed E-state index contributed by atoms with van der Waals surface area (Å²) in [7, 11) is 0. The lowest BCUT2D eigenvalue weighted by Crippen LogP contribution is -2.29. The zero-order valence-corrected chi connectivity index (χ0v) is 10.6. The first kappa shape index (κ1) is 13.1. The SMILES string of the molecule is O=C(CCCCO)NC(c1ccccc1)C1CC1. The summed E-state index contributed by atoms with van der Waals surface area (Å²) in [5.41, 5.74) is 1.20. The fourth-order valence-corrected chi connectivity index (χ4v) is 2.21. The summed E-state index contributed by atoms with van der Waals surface area (Å²) in [6.45, 7) is 0.165. The topological polar surface area (TPSA) is 49.3 Å². The number of unbranched alkanes of at least 4 members (excludes halogenated alkanes) is 1. The molecule has 0 bridgehead atoms. The Morgan fingerprint density at radius 1 is 1.28 bits per heavy atom. The van der Waals surface area contributed by atoms with Gasteiger partial charge in [0.15, 0.2) is 0 Å². The lowest BCUT2D eigenvalue weighted by atomic mass is 10.0. The number of amides is 1. The van der Waals surface area contributed by atoms with Gasteiger partial charge in [-0.15, -0.1) is 0 Å². The molecule has 0 aliphatic heterocycles. The van der Waals surface area contributed by atoms with Gasteiger partial charge in [-0.2, -0.15) is 0 Å². The van der Waals surface area contributed by atoms with Gasteiger partial charge in [-0.05, 0) is 37.2 Å². The van der Waals surface area contributed by atoms with Crippen molar-refractivity contribution < 1.29 is 9.90 Å². The van der Waals surface area contributed by atoms with E-state index in [1.807, 2.05) is 18.2 Å². The fraction of sp³-hybridized carbons (Fsp3) is 0.533. The second-order valence-electron chi connectivity index (χ2n) is 4.97. The van der Waals surface area contributed by atoms with Gasteiger partial charge in [0.1, 0.15) is 0 Å². The number of benzene rings is 1.